The van der Waals surface area contributed by atoms with Crippen molar-refractivity contribution in [2.24, 2.45) is 0 Å². The van der Waals surface area contributed by atoms with E-state index in [0.29, 0.717) is 6.04 Å². The first-order chi connectivity index (χ1) is 8.76. The van der Waals surface area contributed by atoms with E-state index in [2.05, 4.69) is 24.1 Å². The topological polar surface area (TPSA) is 33.7 Å². The number of nitrogens with one attached hydrogen (secondary N) is 1. The first-order valence-corrected chi connectivity index (χ1v) is 7.18. The maximum Gasteiger partial charge on any atom is 0.0589 e. The van der Waals surface area contributed by atoms with E-state index in [4.69, 9.17) is 9.47 Å². The number of hydrogen-bond acceptors (Lipinski definition) is 4. The molecule has 0 saturated carbocycles. The summed E-state index contributed by atoms with van der Waals surface area (Å²) in [5.74, 6) is 0. The molecule has 0 bridgehead atoms. The summed E-state index contributed by atoms with van der Waals surface area (Å²) in [6.45, 7) is 10.3. The molecule has 0 aromatic rings. The van der Waals surface area contributed by atoms with Crippen molar-refractivity contribution < 1.29 is 9.47 Å². The maximum absolute atomic E-state index is 5.17. The maximum atomic E-state index is 5.17. The Morgan fingerprint density at radius 2 is 1.67 bits per heavy atom. The molecule has 4 heteroatoms. The second-order valence-electron chi connectivity index (χ2n) is 4.76. The molecular formula is C14H32N2O2. The Hall–Kier alpha value is -0.160. The summed E-state index contributed by atoms with van der Waals surface area (Å²) in [5, 5.41) is 3.45. The standard InChI is InChI=1S/C14H32N2O2/c1-5-8-15-9-6-7-14(2)16(10-12-17-3)11-13-18-4/h14-15H,5-13H2,1-4H3. The van der Waals surface area contributed by atoms with E-state index in [1.165, 1.54) is 19.3 Å². The molecule has 1 unspecified atom stereocenters. The molecule has 0 aromatic heterocycles. The van der Waals surface area contributed by atoms with E-state index in [1.807, 2.05) is 0 Å². The largest absolute Gasteiger partial charge is 0.383 e. The molecule has 0 saturated heterocycles. The zero-order valence-corrected chi connectivity index (χ0v) is 12.7. The van der Waals surface area contributed by atoms with E-state index < -0.39 is 0 Å². The van der Waals surface area contributed by atoms with Gasteiger partial charge in [-0.05, 0) is 39.3 Å². The summed E-state index contributed by atoms with van der Waals surface area (Å²) in [5.41, 5.74) is 0. The lowest BCUT2D eigenvalue weighted by Crippen LogP contribution is -2.38. The van der Waals surface area contributed by atoms with Crippen molar-refractivity contribution in [1.82, 2.24) is 10.2 Å². The average Bonchev–Trinajstić information content (AvgIpc) is 2.38. The van der Waals surface area contributed by atoms with Crippen LogP contribution in [0.3, 0.4) is 0 Å². The van der Waals surface area contributed by atoms with Gasteiger partial charge in [-0.3, -0.25) is 4.90 Å². The fourth-order valence-electron chi connectivity index (χ4n) is 1.98. The summed E-state index contributed by atoms with van der Waals surface area (Å²) in [7, 11) is 3.52. The van der Waals surface area contributed by atoms with Crippen LogP contribution < -0.4 is 5.32 Å². The smallest absolute Gasteiger partial charge is 0.0589 e. The van der Waals surface area contributed by atoms with Crippen molar-refractivity contribution in [1.29, 1.82) is 0 Å². The SMILES string of the molecule is CCCNCCCC(C)N(CCOC)CCOC. The Labute approximate surface area is 113 Å². The lowest BCUT2D eigenvalue weighted by atomic mass is 10.1. The van der Waals surface area contributed by atoms with Gasteiger partial charge in [0.15, 0.2) is 0 Å². The molecule has 0 aromatic carbocycles. The lowest BCUT2D eigenvalue weighted by molar-refractivity contribution is 0.0888. The third kappa shape index (κ3) is 9.83. The minimum Gasteiger partial charge on any atom is -0.383 e. The molecule has 1 N–H and O–H groups in total. The molecule has 0 fully saturated rings. The van der Waals surface area contributed by atoms with Crippen LogP contribution in [0.4, 0.5) is 0 Å². The zero-order valence-electron chi connectivity index (χ0n) is 12.7. The molecule has 18 heavy (non-hydrogen) atoms. The average molecular weight is 260 g/mol. The first-order valence-electron chi connectivity index (χ1n) is 7.18. The molecular weight excluding hydrogens is 228 g/mol. The van der Waals surface area contributed by atoms with Gasteiger partial charge in [-0.15, -0.1) is 0 Å². The monoisotopic (exact) mass is 260 g/mol. The third-order valence-electron chi connectivity index (χ3n) is 3.19. The highest BCUT2D eigenvalue weighted by Crippen LogP contribution is 2.06. The van der Waals surface area contributed by atoms with Gasteiger partial charge in [-0.2, -0.15) is 0 Å². The van der Waals surface area contributed by atoms with Gasteiger partial charge in [0.1, 0.15) is 0 Å². The Morgan fingerprint density at radius 1 is 1.06 bits per heavy atom. The van der Waals surface area contributed by atoms with Crippen LogP contribution in [-0.4, -0.2) is 64.6 Å². The minimum atomic E-state index is 0.596. The van der Waals surface area contributed by atoms with Crippen LogP contribution in [0.1, 0.15) is 33.1 Å². The highest BCUT2D eigenvalue weighted by atomic mass is 16.5. The van der Waals surface area contributed by atoms with Crippen molar-refractivity contribution in [3.05, 3.63) is 0 Å². The number of ether oxygens (including phenoxy) is 2. The van der Waals surface area contributed by atoms with E-state index in [0.717, 1.165) is 39.4 Å². The predicted octanol–water partition coefficient (Wildman–Crippen LogP) is 1.75. The summed E-state index contributed by atoms with van der Waals surface area (Å²) >= 11 is 0. The summed E-state index contributed by atoms with van der Waals surface area (Å²) in [4.78, 5) is 2.45. The lowest BCUT2D eigenvalue weighted by Gasteiger charge is -2.28. The number of methoxy groups -OCH3 is 2. The Kier molecular flexibility index (Phi) is 13.2. The van der Waals surface area contributed by atoms with Gasteiger partial charge in [-0.1, -0.05) is 6.92 Å². The van der Waals surface area contributed by atoms with E-state index >= 15 is 0 Å². The molecule has 0 aliphatic heterocycles. The van der Waals surface area contributed by atoms with Crippen LogP contribution in [0.15, 0.2) is 0 Å². The highest BCUT2D eigenvalue weighted by Gasteiger charge is 2.12. The van der Waals surface area contributed by atoms with Crippen LogP contribution in [0, 0.1) is 0 Å². The van der Waals surface area contributed by atoms with Gasteiger partial charge in [0.05, 0.1) is 13.2 Å². The fourth-order valence-corrected chi connectivity index (χ4v) is 1.98. The van der Waals surface area contributed by atoms with Gasteiger partial charge < -0.3 is 14.8 Å². The summed E-state index contributed by atoms with van der Waals surface area (Å²) in [6, 6.07) is 0.596. The van der Waals surface area contributed by atoms with Crippen LogP contribution in [-0.2, 0) is 9.47 Å². The molecule has 0 rings (SSSR count). The third-order valence-corrected chi connectivity index (χ3v) is 3.19. The van der Waals surface area contributed by atoms with Crippen molar-refractivity contribution >= 4 is 0 Å². The molecule has 1 atom stereocenters. The summed E-state index contributed by atoms with van der Waals surface area (Å²) in [6.07, 6.45) is 3.67. The molecule has 0 amide bonds. The molecule has 110 valence electrons. The number of hydrogen-bond donors (Lipinski definition) is 1. The molecule has 0 spiro atoms. The zero-order chi connectivity index (χ0) is 13.6. The molecule has 0 aliphatic rings. The fraction of sp³-hybridized carbons (Fsp3) is 1.00. The van der Waals surface area contributed by atoms with Crippen molar-refractivity contribution in [3.63, 3.8) is 0 Å². The van der Waals surface area contributed by atoms with Gasteiger partial charge in [0, 0.05) is 33.4 Å². The molecule has 0 aliphatic carbocycles. The minimum absolute atomic E-state index is 0.596. The first kappa shape index (κ1) is 17.8. The molecule has 0 heterocycles. The van der Waals surface area contributed by atoms with Crippen LogP contribution in [0.2, 0.25) is 0 Å². The predicted molar refractivity (Wildman–Crippen MR) is 77.2 cm³/mol. The number of nitrogens with zero attached hydrogens (tertiary/aromatic N) is 1. The van der Waals surface area contributed by atoms with Crippen molar-refractivity contribution in [2.45, 2.75) is 39.2 Å². The highest BCUT2D eigenvalue weighted by molar-refractivity contribution is 4.68. The molecule has 0 radical (unpaired) electrons. The molecule has 4 nitrogen and oxygen atoms in total. The van der Waals surface area contributed by atoms with Gasteiger partial charge in [0.25, 0.3) is 0 Å². The van der Waals surface area contributed by atoms with Crippen LogP contribution in [0.5, 0.6) is 0 Å². The van der Waals surface area contributed by atoms with Crippen molar-refractivity contribution in [3.8, 4) is 0 Å². The van der Waals surface area contributed by atoms with Gasteiger partial charge in [-0.25, -0.2) is 0 Å². The van der Waals surface area contributed by atoms with E-state index in [9.17, 15) is 0 Å². The van der Waals surface area contributed by atoms with Gasteiger partial charge >= 0.3 is 0 Å². The second kappa shape index (κ2) is 13.3. The quantitative estimate of drug-likeness (QED) is 0.512. The Morgan fingerprint density at radius 3 is 2.17 bits per heavy atom. The normalized spacial score (nSPS) is 13.2. The second-order valence-corrected chi connectivity index (χ2v) is 4.76. The number of rotatable bonds is 13. The Bertz CT molecular complexity index is 160. The van der Waals surface area contributed by atoms with E-state index in [-0.39, 0.29) is 0 Å². The summed E-state index contributed by atoms with van der Waals surface area (Å²) < 4.78 is 10.3. The van der Waals surface area contributed by atoms with Gasteiger partial charge in [0.2, 0.25) is 0 Å². The van der Waals surface area contributed by atoms with Crippen LogP contribution in [0.25, 0.3) is 0 Å². The van der Waals surface area contributed by atoms with E-state index in [1.54, 1.807) is 14.2 Å². The van der Waals surface area contributed by atoms with Crippen molar-refractivity contribution in [2.75, 3.05) is 53.6 Å². The Balaban J connectivity index is 3.76. The van der Waals surface area contributed by atoms with Crippen LogP contribution >= 0.6 is 0 Å².